The van der Waals surface area contributed by atoms with Gasteiger partial charge in [-0.05, 0) is 75.6 Å². The van der Waals surface area contributed by atoms with Crippen molar-refractivity contribution in [2.45, 2.75) is 94.0 Å². The molecule has 1 aromatic carbocycles. The fraction of sp³-hybridized carbons (Fsp3) is 0.724. The van der Waals surface area contributed by atoms with Crippen LogP contribution in [0.3, 0.4) is 0 Å². The van der Waals surface area contributed by atoms with Crippen LogP contribution in [0, 0.1) is 5.92 Å². The van der Waals surface area contributed by atoms with Gasteiger partial charge in [0.2, 0.25) is 5.91 Å². The van der Waals surface area contributed by atoms with Gasteiger partial charge in [-0.2, -0.15) is 0 Å². The van der Waals surface area contributed by atoms with Gasteiger partial charge in [0, 0.05) is 49.0 Å². The summed E-state index contributed by atoms with van der Waals surface area (Å²) in [5, 5.41) is 0. The second kappa shape index (κ2) is 9.02. The first kappa shape index (κ1) is 23.0. The summed E-state index contributed by atoms with van der Waals surface area (Å²) in [6, 6.07) is 10.0. The molecule has 1 spiro atoms. The molecule has 194 valence electrons. The van der Waals surface area contributed by atoms with Gasteiger partial charge in [-0.25, -0.2) is 4.79 Å². The Labute approximate surface area is 214 Å². The molecule has 0 aromatic heterocycles. The molecule has 5 heterocycles. The number of hydrogen-bond acceptors (Lipinski definition) is 5. The second-order valence-corrected chi connectivity index (χ2v) is 12.2. The topological polar surface area (TPSA) is 62.3 Å². The van der Waals surface area contributed by atoms with Crippen LogP contribution in [0.5, 0.6) is 0 Å². The highest BCUT2D eigenvalue weighted by atomic mass is 16.6. The molecule has 2 amide bonds. The Hall–Kier alpha value is -2.12. The maximum Gasteiger partial charge on any atom is 0.410 e. The van der Waals surface area contributed by atoms with Gasteiger partial charge < -0.3 is 24.2 Å². The van der Waals surface area contributed by atoms with E-state index in [1.807, 2.05) is 0 Å². The minimum atomic E-state index is -0.117. The van der Waals surface area contributed by atoms with E-state index < -0.39 is 0 Å². The fourth-order valence-corrected chi connectivity index (χ4v) is 7.93. The fourth-order valence-electron chi connectivity index (χ4n) is 7.93. The number of amides is 2. The van der Waals surface area contributed by atoms with Crippen LogP contribution in [-0.2, 0) is 26.2 Å². The van der Waals surface area contributed by atoms with Crippen molar-refractivity contribution >= 4 is 12.0 Å². The summed E-state index contributed by atoms with van der Waals surface area (Å²) in [4.78, 5) is 33.0. The standard InChI is InChI=1S/C29H39N3O4/c33-27(20-5-6-20)31-17-21-3-1-2-4-26(21)29(19-31)10-12-30(13-11-29)24-15-22-7-8-23(16-24)32(22)28(34)36-25-9-14-35-18-25/h1-4,20,22-25H,5-19H2. The smallest absolute Gasteiger partial charge is 0.410 e. The predicted octanol–water partition coefficient (Wildman–Crippen LogP) is 3.69. The van der Waals surface area contributed by atoms with E-state index in [4.69, 9.17) is 9.47 Å². The van der Waals surface area contributed by atoms with Crippen molar-refractivity contribution in [2.24, 2.45) is 5.92 Å². The van der Waals surface area contributed by atoms with Crippen molar-refractivity contribution in [3.05, 3.63) is 35.4 Å². The molecule has 7 heteroatoms. The van der Waals surface area contributed by atoms with Crippen LogP contribution in [-0.4, -0.2) is 83.8 Å². The molecular weight excluding hydrogens is 454 g/mol. The van der Waals surface area contributed by atoms with Crippen LogP contribution in [0.2, 0.25) is 0 Å². The van der Waals surface area contributed by atoms with Gasteiger partial charge >= 0.3 is 6.09 Å². The lowest BCUT2D eigenvalue weighted by atomic mass is 9.68. The molecule has 5 fully saturated rings. The molecule has 7 rings (SSSR count). The number of hydrogen-bond donors (Lipinski definition) is 0. The van der Waals surface area contributed by atoms with E-state index in [0.717, 1.165) is 84.0 Å². The van der Waals surface area contributed by atoms with Crippen molar-refractivity contribution in [2.75, 3.05) is 32.8 Å². The number of carbonyl (C=O) groups is 2. The number of benzene rings is 1. The third-order valence-corrected chi connectivity index (χ3v) is 10.0. The van der Waals surface area contributed by atoms with Crippen LogP contribution in [0.25, 0.3) is 0 Å². The summed E-state index contributed by atoms with van der Waals surface area (Å²) < 4.78 is 11.2. The molecule has 1 saturated carbocycles. The summed E-state index contributed by atoms with van der Waals surface area (Å²) in [6.07, 6.45) is 9.30. The molecule has 3 unspecified atom stereocenters. The second-order valence-electron chi connectivity index (χ2n) is 12.2. The largest absolute Gasteiger partial charge is 0.444 e. The molecule has 6 aliphatic rings. The number of likely N-dealkylation sites (tertiary alicyclic amines) is 1. The summed E-state index contributed by atoms with van der Waals surface area (Å²) in [5.41, 5.74) is 2.92. The van der Waals surface area contributed by atoms with E-state index in [9.17, 15) is 9.59 Å². The molecular formula is C29H39N3O4. The lowest BCUT2D eigenvalue weighted by Crippen LogP contribution is -2.58. The maximum atomic E-state index is 13.0. The Morgan fingerprint density at radius 1 is 0.944 bits per heavy atom. The summed E-state index contributed by atoms with van der Waals surface area (Å²) in [7, 11) is 0. The lowest BCUT2D eigenvalue weighted by molar-refractivity contribution is -0.135. The van der Waals surface area contributed by atoms with Crippen molar-refractivity contribution < 1.29 is 19.1 Å². The van der Waals surface area contributed by atoms with Crippen molar-refractivity contribution in [3.8, 4) is 0 Å². The van der Waals surface area contributed by atoms with Crippen LogP contribution in [0.1, 0.15) is 68.9 Å². The Morgan fingerprint density at radius 3 is 2.39 bits per heavy atom. The molecule has 7 nitrogen and oxygen atoms in total. The highest BCUT2D eigenvalue weighted by molar-refractivity contribution is 5.81. The molecule has 0 N–H and O–H groups in total. The normalized spacial score (nSPS) is 33.6. The zero-order valence-electron chi connectivity index (χ0n) is 21.3. The summed E-state index contributed by atoms with van der Waals surface area (Å²) >= 11 is 0. The number of ether oxygens (including phenoxy) is 2. The van der Waals surface area contributed by atoms with E-state index in [1.165, 1.54) is 11.1 Å². The molecule has 1 aliphatic carbocycles. The summed E-state index contributed by atoms with van der Waals surface area (Å²) in [5.74, 6) is 0.659. The average Bonchev–Trinajstić information content (AvgIpc) is 3.56. The van der Waals surface area contributed by atoms with Crippen molar-refractivity contribution in [1.29, 1.82) is 0 Å². The Kier molecular flexibility index (Phi) is 5.77. The van der Waals surface area contributed by atoms with Crippen LogP contribution < -0.4 is 0 Å². The quantitative estimate of drug-likeness (QED) is 0.643. The van der Waals surface area contributed by atoms with Crippen LogP contribution in [0.15, 0.2) is 24.3 Å². The number of rotatable bonds is 3. The monoisotopic (exact) mass is 493 g/mol. The van der Waals surface area contributed by atoms with Gasteiger partial charge in [0.25, 0.3) is 0 Å². The number of carbonyl (C=O) groups excluding carboxylic acids is 2. The average molecular weight is 494 g/mol. The number of fused-ring (bicyclic) bond motifs is 4. The molecule has 0 radical (unpaired) electrons. The van der Waals surface area contributed by atoms with Crippen molar-refractivity contribution in [1.82, 2.24) is 14.7 Å². The first-order valence-electron chi connectivity index (χ1n) is 14.3. The van der Waals surface area contributed by atoms with Gasteiger partial charge in [0.15, 0.2) is 0 Å². The molecule has 36 heavy (non-hydrogen) atoms. The van der Waals surface area contributed by atoms with Gasteiger partial charge in [-0.3, -0.25) is 4.79 Å². The predicted molar refractivity (Wildman–Crippen MR) is 134 cm³/mol. The first-order chi connectivity index (χ1) is 17.6. The van der Waals surface area contributed by atoms with Crippen LogP contribution in [0.4, 0.5) is 4.79 Å². The zero-order valence-corrected chi connectivity index (χ0v) is 21.3. The lowest BCUT2D eigenvalue weighted by Gasteiger charge is -2.51. The van der Waals surface area contributed by atoms with Crippen molar-refractivity contribution in [3.63, 3.8) is 0 Å². The Bertz CT molecular complexity index is 998. The SMILES string of the molecule is O=C(C1CC1)N1Cc2ccccc2C2(CCN(C3CC4CCC(C3)N4C(=O)OC3CCOC3)CC2)C1. The minimum absolute atomic E-state index is 0.0716. The van der Waals surface area contributed by atoms with E-state index >= 15 is 0 Å². The third-order valence-electron chi connectivity index (χ3n) is 10.0. The zero-order chi connectivity index (χ0) is 24.3. The van der Waals surface area contributed by atoms with Crippen LogP contribution >= 0.6 is 0 Å². The number of piperidine rings is 2. The van der Waals surface area contributed by atoms with Gasteiger partial charge in [-0.15, -0.1) is 0 Å². The van der Waals surface area contributed by atoms with Gasteiger partial charge in [-0.1, -0.05) is 24.3 Å². The summed E-state index contributed by atoms with van der Waals surface area (Å²) in [6.45, 7) is 5.05. The highest BCUT2D eigenvalue weighted by Gasteiger charge is 2.49. The molecule has 1 aromatic rings. The van der Waals surface area contributed by atoms with Gasteiger partial charge in [0.05, 0.1) is 13.2 Å². The highest BCUT2D eigenvalue weighted by Crippen LogP contribution is 2.45. The molecule has 3 atom stereocenters. The van der Waals surface area contributed by atoms with E-state index in [-0.39, 0.29) is 23.5 Å². The number of nitrogens with zero attached hydrogens (tertiary/aromatic N) is 3. The van der Waals surface area contributed by atoms with E-state index in [0.29, 0.717) is 37.2 Å². The first-order valence-corrected chi connectivity index (χ1v) is 14.3. The maximum absolute atomic E-state index is 13.0. The molecule has 5 aliphatic heterocycles. The molecule has 4 saturated heterocycles. The van der Waals surface area contributed by atoms with E-state index in [2.05, 4.69) is 39.0 Å². The minimum Gasteiger partial charge on any atom is -0.444 e. The van der Waals surface area contributed by atoms with Gasteiger partial charge in [0.1, 0.15) is 6.10 Å². The molecule has 2 bridgehead atoms. The Morgan fingerprint density at radius 2 is 1.69 bits per heavy atom. The van der Waals surface area contributed by atoms with E-state index in [1.54, 1.807) is 0 Å². The third kappa shape index (κ3) is 4.03. The Balaban J connectivity index is 1.02.